The molecule has 0 aromatic carbocycles. The van der Waals surface area contributed by atoms with Crippen LogP contribution in [-0.2, 0) is 9.59 Å². The maximum Gasteiger partial charge on any atom is 0.383 e. The normalized spacial score (nSPS) is 14.1. The van der Waals surface area contributed by atoms with Crippen molar-refractivity contribution < 1.29 is 33.0 Å². The fourth-order valence-corrected chi connectivity index (χ4v) is 0.263. The standard InChI is InChI=1S/C4H3F3O4/c5-1(2(8)9)4(6,7)3(10)11/h1H,(H,8,9)(H,10,11)/t1-/m1/s1. The average Bonchev–Trinajstić information content (AvgIpc) is 1.85. The number of carboxylic acid groups (broad SMARTS) is 2. The number of carboxylic acids is 2. The van der Waals surface area contributed by atoms with Crippen LogP contribution in [0.3, 0.4) is 0 Å². The number of carbonyl (C=O) groups is 2. The lowest BCUT2D eigenvalue weighted by molar-refractivity contribution is -0.183. The zero-order valence-electron chi connectivity index (χ0n) is 4.92. The van der Waals surface area contributed by atoms with Crippen molar-refractivity contribution in [3.8, 4) is 0 Å². The molecule has 0 unspecified atom stereocenters. The Kier molecular flexibility index (Phi) is 2.45. The van der Waals surface area contributed by atoms with Crippen molar-refractivity contribution in [2.24, 2.45) is 0 Å². The molecule has 0 bridgehead atoms. The summed E-state index contributed by atoms with van der Waals surface area (Å²) in [5.41, 5.74) is 0. The Hall–Kier alpha value is -1.27. The van der Waals surface area contributed by atoms with Crippen LogP contribution < -0.4 is 0 Å². The molecule has 0 aliphatic carbocycles. The second-order valence-electron chi connectivity index (χ2n) is 1.63. The minimum atomic E-state index is -4.87. The molecule has 0 heterocycles. The highest BCUT2D eigenvalue weighted by molar-refractivity contribution is 5.85. The zero-order chi connectivity index (χ0) is 9.23. The molecule has 0 aliphatic rings. The molecular formula is C4H3F3O4. The lowest BCUT2D eigenvalue weighted by Crippen LogP contribution is -2.43. The molecule has 0 aromatic heterocycles. The van der Waals surface area contributed by atoms with E-state index in [0.717, 1.165) is 0 Å². The fourth-order valence-electron chi connectivity index (χ4n) is 0.263. The molecule has 0 radical (unpaired) electrons. The van der Waals surface area contributed by atoms with Crippen LogP contribution in [0.2, 0.25) is 0 Å². The van der Waals surface area contributed by atoms with Crippen LogP contribution in [0.5, 0.6) is 0 Å². The molecule has 1 atom stereocenters. The Balaban J connectivity index is 4.55. The lowest BCUT2D eigenvalue weighted by atomic mass is 10.2. The second-order valence-corrected chi connectivity index (χ2v) is 1.63. The quantitative estimate of drug-likeness (QED) is 0.634. The van der Waals surface area contributed by atoms with Crippen LogP contribution in [0.15, 0.2) is 0 Å². The Morgan fingerprint density at radius 1 is 1.27 bits per heavy atom. The van der Waals surface area contributed by atoms with Crippen molar-refractivity contribution in [2.75, 3.05) is 0 Å². The van der Waals surface area contributed by atoms with E-state index < -0.39 is 24.0 Å². The van der Waals surface area contributed by atoms with Crippen LogP contribution in [0.25, 0.3) is 0 Å². The Labute approximate surface area is 58.2 Å². The number of hydrogen-bond donors (Lipinski definition) is 2. The van der Waals surface area contributed by atoms with Gasteiger partial charge in [0.15, 0.2) is 0 Å². The van der Waals surface area contributed by atoms with Gasteiger partial charge in [0.1, 0.15) is 0 Å². The number of rotatable bonds is 3. The first-order valence-electron chi connectivity index (χ1n) is 2.28. The van der Waals surface area contributed by atoms with Gasteiger partial charge in [0.25, 0.3) is 6.17 Å². The molecule has 0 rings (SSSR count). The first kappa shape index (κ1) is 9.73. The number of aliphatic carboxylic acids is 2. The Bertz CT molecular complexity index is 190. The monoisotopic (exact) mass is 172 g/mol. The summed E-state index contributed by atoms with van der Waals surface area (Å²) in [5.74, 6) is -10.2. The van der Waals surface area contributed by atoms with E-state index in [0.29, 0.717) is 0 Å². The van der Waals surface area contributed by atoms with Crippen molar-refractivity contribution in [2.45, 2.75) is 12.1 Å². The molecule has 11 heavy (non-hydrogen) atoms. The summed E-state index contributed by atoms with van der Waals surface area (Å²) < 4.78 is 35.5. The van der Waals surface area contributed by atoms with Gasteiger partial charge in [0.05, 0.1) is 0 Å². The Morgan fingerprint density at radius 3 is 1.73 bits per heavy atom. The van der Waals surface area contributed by atoms with Crippen LogP contribution in [-0.4, -0.2) is 34.2 Å². The summed E-state index contributed by atoms with van der Waals surface area (Å²) >= 11 is 0. The smallest absolute Gasteiger partial charge is 0.383 e. The molecule has 64 valence electrons. The summed E-state index contributed by atoms with van der Waals surface area (Å²) in [7, 11) is 0. The fraction of sp³-hybridized carbons (Fsp3) is 0.500. The Morgan fingerprint density at radius 2 is 1.64 bits per heavy atom. The third-order valence-corrected chi connectivity index (χ3v) is 0.820. The summed E-state index contributed by atoms with van der Waals surface area (Å²) in [5, 5.41) is 15.3. The van der Waals surface area contributed by atoms with Crippen molar-refractivity contribution in [3.05, 3.63) is 0 Å². The van der Waals surface area contributed by atoms with Crippen molar-refractivity contribution in [1.82, 2.24) is 0 Å². The first-order chi connectivity index (χ1) is 4.80. The van der Waals surface area contributed by atoms with Crippen molar-refractivity contribution in [3.63, 3.8) is 0 Å². The van der Waals surface area contributed by atoms with Gasteiger partial charge in [-0.05, 0) is 0 Å². The summed E-state index contributed by atoms with van der Waals surface area (Å²) in [6, 6.07) is 0. The van der Waals surface area contributed by atoms with Crippen LogP contribution in [0.1, 0.15) is 0 Å². The second kappa shape index (κ2) is 2.77. The van der Waals surface area contributed by atoms with Gasteiger partial charge in [-0.1, -0.05) is 0 Å². The number of hydrogen-bond acceptors (Lipinski definition) is 2. The van der Waals surface area contributed by atoms with E-state index in [9.17, 15) is 22.8 Å². The molecule has 2 N–H and O–H groups in total. The van der Waals surface area contributed by atoms with E-state index in [-0.39, 0.29) is 0 Å². The van der Waals surface area contributed by atoms with Gasteiger partial charge in [0, 0.05) is 0 Å². The van der Waals surface area contributed by atoms with Crippen LogP contribution in [0.4, 0.5) is 13.2 Å². The number of halogens is 3. The SMILES string of the molecule is O=C(O)[C@@H](F)C(F)(F)C(=O)O. The van der Waals surface area contributed by atoms with E-state index in [1.807, 2.05) is 0 Å². The molecule has 0 saturated heterocycles. The minimum absolute atomic E-state index is 2.50. The van der Waals surface area contributed by atoms with Crippen LogP contribution >= 0.6 is 0 Å². The number of alkyl halides is 3. The largest absolute Gasteiger partial charge is 0.479 e. The summed E-state index contributed by atoms with van der Waals surface area (Å²) in [6.07, 6.45) is -3.71. The van der Waals surface area contributed by atoms with Gasteiger partial charge < -0.3 is 10.2 Å². The van der Waals surface area contributed by atoms with Gasteiger partial charge in [-0.2, -0.15) is 8.78 Å². The predicted octanol–water partition coefficient (Wildman–Crippen LogP) is 0.129. The molecule has 0 aromatic rings. The van der Waals surface area contributed by atoms with Gasteiger partial charge >= 0.3 is 17.9 Å². The van der Waals surface area contributed by atoms with Gasteiger partial charge in [-0.15, -0.1) is 0 Å². The van der Waals surface area contributed by atoms with E-state index >= 15 is 0 Å². The first-order valence-corrected chi connectivity index (χ1v) is 2.28. The van der Waals surface area contributed by atoms with Crippen molar-refractivity contribution in [1.29, 1.82) is 0 Å². The highest BCUT2D eigenvalue weighted by Gasteiger charge is 2.52. The van der Waals surface area contributed by atoms with Crippen LogP contribution in [0, 0.1) is 0 Å². The molecule has 0 aliphatic heterocycles. The lowest BCUT2D eigenvalue weighted by Gasteiger charge is -2.11. The summed E-state index contributed by atoms with van der Waals surface area (Å²) in [6.45, 7) is 0. The third-order valence-electron chi connectivity index (χ3n) is 0.820. The highest BCUT2D eigenvalue weighted by atomic mass is 19.3. The van der Waals surface area contributed by atoms with E-state index in [1.54, 1.807) is 0 Å². The molecule has 4 nitrogen and oxygen atoms in total. The van der Waals surface area contributed by atoms with E-state index in [2.05, 4.69) is 0 Å². The average molecular weight is 172 g/mol. The zero-order valence-corrected chi connectivity index (χ0v) is 4.92. The minimum Gasteiger partial charge on any atom is -0.479 e. The molecular weight excluding hydrogens is 169 g/mol. The summed E-state index contributed by atoms with van der Waals surface area (Å²) in [4.78, 5) is 19.0. The molecule has 0 fully saturated rings. The van der Waals surface area contributed by atoms with Gasteiger partial charge in [-0.25, -0.2) is 14.0 Å². The maximum absolute atomic E-state index is 11.8. The maximum atomic E-state index is 11.8. The predicted molar refractivity (Wildman–Crippen MR) is 25.1 cm³/mol. The molecule has 0 saturated carbocycles. The van der Waals surface area contributed by atoms with E-state index in [1.165, 1.54) is 0 Å². The molecule has 7 heteroatoms. The van der Waals surface area contributed by atoms with Crippen molar-refractivity contribution >= 4 is 11.9 Å². The van der Waals surface area contributed by atoms with Gasteiger partial charge in [-0.3, -0.25) is 0 Å². The van der Waals surface area contributed by atoms with Gasteiger partial charge in [0.2, 0.25) is 0 Å². The molecule has 0 spiro atoms. The topological polar surface area (TPSA) is 74.6 Å². The van der Waals surface area contributed by atoms with E-state index in [4.69, 9.17) is 10.2 Å². The third kappa shape index (κ3) is 1.82. The molecule has 0 amide bonds. The highest BCUT2D eigenvalue weighted by Crippen LogP contribution is 2.21.